The van der Waals surface area contributed by atoms with Crippen LogP contribution in [0.3, 0.4) is 0 Å². The van der Waals surface area contributed by atoms with Crippen molar-refractivity contribution in [2.45, 2.75) is 38.6 Å². The van der Waals surface area contributed by atoms with Crippen molar-refractivity contribution in [3.05, 3.63) is 48.5 Å². The SMILES string of the molecule is CCOc1ccccc1OCC1CCCCN1CCCOc1cccc(N)c1. The lowest BCUT2D eigenvalue weighted by molar-refractivity contribution is 0.0925. The zero-order valence-corrected chi connectivity index (χ0v) is 16.8. The van der Waals surface area contributed by atoms with Crippen molar-refractivity contribution >= 4 is 5.69 Å². The Kier molecular flexibility index (Phi) is 7.85. The molecule has 28 heavy (non-hydrogen) atoms. The lowest BCUT2D eigenvalue weighted by Crippen LogP contribution is -2.43. The monoisotopic (exact) mass is 384 g/mol. The zero-order chi connectivity index (χ0) is 19.6. The Labute approximate surface area is 168 Å². The third kappa shape index (κ3) is 6.06. The van der Waals surface area contributed by atoms with Crippen molar-refractivity contribution in [2.24, 2.45) is 0 Å². The van der Waals surface area contributed by atoms with Gasteiger partial charge in [-0.15, -0.1) is 0 Å². The molecule has 2 aromatic rings. The van der Waals surface area contributed by atoms with E-state index < -0.39 is 0 Å². The van der Waals surface area contributed by atoms with Gasteiger partial charge in [0, 0.05) is 24.3 Å². The molecular weight excluding hydrogens is 352 g/mol. The van der Waals surface area contributed by atoms with Gasteiger partial charge in [0.15, 0.2) is 11.5 Å². The van der Waals surface area contributed by atoms with E-state index in [1.165, 1.54) is 19.3 Å². The Morgan fingerprint density at radius 2 is 1.82 bits per heavy atom. The van der Waals surface area contributed by atoms with E-state index in [2.05, 4.69) is 4.90 Å². The molecule has 1 aliphatic rings. The standard InChI is InChI=1S/C23H32N2O3/c1-2-26-22-12-3-4-13-23(22)28-18-20-10-5-6-14-25(20)15-8-16-27-21-11-7-9-19(24)17-21/h3-4,7,9,11-13,17,20H,2,5-6,8,10,14-16,18,24H2,1H3. The summed E-state index contributed by atoms with van der Waals surface area (Å²) >= 11 is 0. The lowest BCUT2D eigenvalue weighted by Gasteiger charge is -2.35. The number of nitrogens with two attached hydrogens (primary N) is 1. The molecule has 0 amide bonds. The van der Waals surface area contributed by atoms with Gasteiger partial charge in [0.05, 0.1) is 13.2 Å². The maximum atomic E-state index is 6.14. The van der Waals surface area contributed by atoms with Gasteiger partial charge in [0.1, 0.15) is 12.4 Å². The number of nitrogen functional groups attached to an aromatic ring is 1. The van der Waals surface area contributed by atoms with E-state index in [1.807, 2.05) is 55.5 Å². The number of piperidine rings is 1. The maximum absolute atomic E-state index is 6.14. The molecule has 0 spiro atoms. The summed E-state index contributed by atoms with van der Waals surface area (Å²) < 4.78 is 17.6. The van der Waals surface area contributed by atoms with Crippen LogP contribution < -0.4 is 19.9 Å². The van der Waals surface area contributed by atoms with Crippen LogP contribution in [0.25, 0.3) is 0 Å². The summed E-state index contributed by atoms with van der Waals surface area (Å²) in [5.74, 6) is 2.49. The number of rotatable bonds is 10. The van der Waals surface area contributed by atoms with E-state index >= 15 is 0 Å². The van der Waals surface area contributed by atoms with E-state index in [9.17, 15) is 0 Å². The van der Waals surface area contributed by atoms with Crippen molar-refractivity contribution in [3.63, 3.8) is 0 Å². The van der Waals surface area contributed by atoms with E-state index in [0.717, 1.165) is 42.4 Å². The Morgan fingerprint density at radius 3 is 2.61 bits per heavy atom. The molecule has 0 aromatic heterocycles. The first-order chi connectivity index (χ1) is 13.8. The first-order valence-electron chi connectivity index (χ1n) is 10.3. The molecule has 1 aliphatic heterocycles. The number of nitrogens with zero attached hydrogens (tertiary/aromatic N) is 1. The molecule has 0 aliphatic carbocycles. The van der Waals surface area contributed by atoms with Crippen molar-refractivity contribution in [3.8, 4) is 17.2 Å². The molecule has 2 N–H and O–H groups in total. The minimum Gasteiger partial charge on any atom is -0.493 e. The topological polar surface area (TPSA) is 57.0 Å². The number of hydrogen-bond acceptors (Lipinski definition) is 5. The van der Waals surface area contributed by atoms with Crippen molar-refractivity contribution in [1.29, 1.82) is 0 Å². The molecule has 3 rings (SSSR count). The molecule has 152 valence electrons. The fourth-order valence-electron chi connectivity index (χ4n) is 3.64. The fourth-order valence-corrected chi connectivity index (χ4v) is 3.64. The molecule has 1 heterocycles. The highest BCUT2D eigenvalue weighted by Gasteiger charge is 2.23. The second kappa shape index (κ2) is 10.8. The highest BCUT2D eigenvalue weighted by Crippen LogP contribution is 2.27. The van der Waals surface area contributed by atoms with Gasteiger partial charge in [-0.2, -0.15) is 0 Å². The van der Waals surface area contributed by atoms with Crippen LogP contribution in [0.2, 0.25) is 0 Å². The van der Waals surface area contributed by atoms with E-state index in [-0.39, 0.29) is 0 Å². The molecule has 2 aromatic carbocycles. The van der Waals surface area contributed by atoms with Crippen LogP contribution in [-0.2, 0) is 0 Å². The van der Waals surface area contributed by atoms with Crippen molar-refractivity contribution in [1.82, 2.24) is 4.90 Å². The number of hydrogen-bond donors (Lipinski definition) is 1. The van der Waals surface area contributed by atoms with E-state index in [0.29, 0.717) is 25.9 Å². The zero-order valence-electron chi connectivity index (χ0n) is 16.8. The second-order valence-electron chi connectivity index (χ2n) is 7.15. The summed E-state index contributed by atoms with van der Waals surface area (Å²) in [4.78, 5) is 2.54. The molecule has 0 bridgehead atoms. The van der Waals surface area contributed by atoms with Crippen molar-refractivity contribution < 1.29 is 14.2 Å². The summed E-state index contributed by atoms with van der Waals surface area (Å²) in [5.41, 5.74) is 6.53. The average Bonchev–Trinajstić information content (AvgIpc) is 2.72. The van der Waals surface area contributed by atoms with Crippen LogP contribution in [0, 0.1) is 0 Å². The van der Waals surface area contributed by atoms with Gasteiger partial charge in [-0.25, -0.2) is 0 Å². The Bertz CT molecular complexity index is 722. The summed E-state index contributed by atoms with van der Waals surface area (Å²) in [6.07, 6.45) is 4.67. The van der Waals surface area contributed by atoms with E-state index in [1.54, 1.807) is 0 Å². The lowest BCUT2D eigenvalue weighted by atomic mass is 10.0. The number of ether oxygens (including phenoxy) is 3. The van der Waals surface area contributed by atoms with Crippen LogP contribution in [0.4, 0.5) is 5.69 Å². The number of para-hydroxylation sites is 2. The van der Waals surface area contributed by atoms with Crippen LogP contribution in [0.1, 0.15) is 32.6 Å². The summed E-state index contributed by atoms with van der Waals surface area (Å²) in [6.45, 7) is 6.16. The third-order valence-electron chi connectivity index (χ3n) is 5.05. The summed E-state index contributed by atoms with van der Waals surface area (Å²) in [5, 5.41) is 0. The smallest absolute Gasteiger partial charge is 0.161 e. The van der Waals surface area contributed by atoms with Gasteiger partial charge in [-0.05, 0) is 57.0 Å². The van der Waals surface area contributed by atoms with Crippen molar-refractivity contribution in [2.75, 3.05) is 38.6 Å². The van der Waals surface area contributed by atoms with Gasteiger partial charge in [0.2, 0.25) is 0 Å². The fraction of sp³-hybridized carbons (Fsp3) is 0.478. The molecule has 0 saturated carbocycles. The maximum Gasteiger partial charge on any atom is 0.161 e. The van der Waals surface area contributed by atoms with Crippen LogP contribution in [0.15, 0.2) is 48.5 Å². The second-order valence-corrected chi connectivity index (χ2v) is 7.15. The first-order valence-corrected chi connectivity index (χ1v) is 10.3. The van der Waals surface area contributed by atoms with Gasteiger partial charge in [-0.1, -0.05) is 24.6 Å². The van der Waals surface area contributed by atoms with Crippen LogP contribution in [0.5, 0.6) is 17.2 Å². The summed E-state index contributed by atoms with van der Waals surface area (Å²) in [7, 11) is 0. The first kappa shape index (κ1) is 20.3. The molecule has 1 fully saturated rings. The molecule has 1 atom stereocenters. The molecule has 1 unspecified atom stereocenters. The Morgan fingerprint density at radius 1 is 1.00 bits per heavy atom. The predicted molar refractivity (Wildman–Crippen MR) is 113 cm³/mol. The van der Waals surface area contributed by atoms with Crippen LogP contribution >= 0.6 is 0 Å². The van der Waals surface area contributed by atoms with E-state index in [4.69, 9.17) is 19.9 Å². The minimum atomic E-state index is 0.441. The molecule has 5 heteroatoms. The van der Waals surface area contributed by atoms with Gasteiger partial charge < -0.3 is 19.9 Å². The highest BCUT2D eigenvalue weighted by atomic mass is 16.5. The molecular formula is C23H32N2O3. The number of likely N-dealkylation sites (tertiary alicyclic amines) is 1. The Balaban J connectivity index is 1.46. The number of benzene rings is 2. The Hall–Kier alpha value is -2.40. The largest absolute Gasteiger partial charge is 0.493 e. The summed E-state index contributed by atoms with van der Waals surface area (Å²) in [6, 6.07) is 16.0. The van der Waals surface area contributed by atoms with Gasteiger partial charge in [0.25, 0.3) is 0 Å². The van der Waals surface area contributed by atoms with Crippen LogP contribution in [-0.4, -0.2) is 43.9 Å². The molecule has 1 saturated heterocycles. The van der Waals surface area contributed by atoms with Gasteiger partial charge in [-0.3, -0.25) is 4.90 Å². The average molecular weight is 385 g/mol. The molecule has 5 nitrogen and oxygen atoms in total. The highest BCUT2D eigenvalue weighted by molar-refractivity contribution is 5.43. The van der Waals surface area contributed by atoms with Gasteiger partial charge >= 0.3 is 0 Å². The number of anilines is 1. The quantitative estimate of drug-likeness (QED) is 0.487. The molecule has 0 radical (unpaired) electrons. The normalized spacial score (nSPS) is 17.2. The predicted octanol–water partition coefficient (Wildman–Crippen LogP) is 4.37. The minimum absolute atomic E-state index is 0.441. The third-order valence-corrected chi connectivity index (χ3v) is 5.05.